The molecule has 9 nitrogen and oxygen atoms in total. The Labute approximate surface area is 156 Å². The van der Waals surface area contributed by atoms with Gasteiger partial charge in [0, 0.05) is 24.5 Å². The van der Waals surface area contributed by atoms with E-state index >= 15 is 0 Å². The van der Waals surface area contributed by atoms with E-state index in [-0.39, 0.29) is 12.2 Å². The Morgan fingerprint density at radius 1 is 1.37 bits per heavy atom. The molecule has 1 saturated carbocycles. The molecule has 0 unspecified atom stereocenters. The Balaban J connectivity index is 1.55. The number of carbonyl (C=O) groups is 1. The number of hydrogen-bond acceptors (Lipinski definition) is 8. The van der Waals surface area contributed by atoms with Crippen LogP contribution in [0.15, 0.2) is 24.4 Å². The van der Waals surface area contributed by atoms with Crippen LogP contribution in [-0.2, 0) is 0 Å². The van der Waals surface area contributed by atoms with Crippen molar-refractivity contribution in [3.8, 4) is 5.75 Å². The zero-order valence-corrected chi connectivity index (χ0v) is 14.7. The number of benzene rings is 1. The Morgan fingerprint density at radius 2 is 2.22 bits per heavy atom. The van der Waals surface area contributed by atoms with Gasteiger partial charge in [-0.05, 0) is 37.5 Å². The molecule has 9 heteroatoms. The SMILES string of the molecule is NC(=O)c1cnc(Nc2ccc3c(c2)NC[C@@H](O)CO3)nc1NC1CCC1. The molecule has 2 heterocycles. The summed E-state index contributed by atoms with van der Waals surface area (Å²) in [6.07, 6.45) is 4.14. The number of hydrogen-bond donors (Lipinski definition) is 5. The third-order valence-electron chi connectivity index (χ3n) is 4.70. The number of aromatic nitrogens is 2. The average Bonchev–Trinajstić information content (AvgIpc) is 2.80. The van der Waals surface area contributed by atoms with Gasteiger partial charge < -0.3 is 31.5 Å². The van der Waals surface area contributed by atoms with Crippen LogP contribution in [0.2, 0.25) is 0 Å². The van der Waals surface area contributed by atoms with Crippen molar-refractivity contribution in [3.05, 3.63) is 30.0 Å². The van der Waals surface area contributed by atoms with Crippen LogP contribution in [0.5, 0.6) is 5.75 Å². The molecule has 1 aliphatic heterocycles. The number of rotatable bonds is 5. The molecule has 2 aliphatic rings. The van der Waals surface area contributed by atoms with E-state index in [0.29, 0.717) is 30.1 Å². The number of anilines is 4. The summed E-state index contributed by atoms with van der Waals surface area (Å²) in [5.41, 5.74) is 7.24. The summed E-state index contributed by atoms with van der Waals surface area (Å²) in [5.74, 6) is 0.920. The molecule has 0 spiro atoms. The number of primary amides is 1. The number of carbonyl (C=O) groups excluding carboxylic acids is 1. The van der Waals surface area contributed by atoms with Crippen LogP contribution < -0.4 is 26.4 Å². The summed E-state index contributed by atoms with van der Waals surface area (Å²) in [6.45, 7) is 0.663. The Kier molecular flexibility index (Phi) is 4.68. The van der Waals surface area contributed by atoms with Crippen molar-refractivity contribution < 1.29 is 14.6 Å². The van der Waals surface area contributed by atoms with Gasteiger partial charge in [0.25, 0.3) is 5.91 Å². The predicted octanol–water partition coefficient (Wildman–Crippen LogP) is 1.45. The van der Waals surface area contributed by atoms with Gasteiger partial charge in [-0.3, -0.25) is 4.79 Å². The summed E-state index contributed by atoms with van der Waals surface area (Å²) in [7, 11) is 0. The van der Waals surface area contributed by atoms with E-state index in [9.17, 15) is 9.90 Å². The molecule has 1 aromatic heterocycles. The maximum Gasteiger partial charge on any atom is 0.254 e. The molecule has 0 bridgehead atoms. The first-order chi connectivity index (χ1) is 13.1. The van der Waals surface area contributed by atoms with Gasteiger partial charge in [-0.15, -0.1) is 0 Å². The number of nitrogens with two attached hydrogens (primary N) is 1. The zero-order chi connectivity index (χ0) is 18.8. The number of amides is 1. The van der Waals surface area contributed by atoms with Gasteiger partial charge in [0.2, 0.25) is 5.95 Å². The molecule has 1 atom stereocenters. The first kappa shape index (κ1) is 17.3. The maximum atomic E-state index is 11.6. The second kappa shape index (κ2) is 7.28. The third kappa shape index (κ3) is 3.87. The van der Waals surface area contributed by atoms with Crippen molar-refractivity contribution in [2.75, 3.05) is 29.1 Å². The van der Waals surface area contributed by atoms with Gasteiger partial charge in [-0.2, -0.15) is 4.98 Å². The normalized spacial score (nSPS) is 18.9. The van der Waals surface area contributed by atoms with Crippen LogP contribution in [0.25, 0.3) is 0 Å². The summed E-state index contributed by atoms with van der Waals surface area (Å²) in [5, 5.41) is 19.2. The van der Waals surface area contributed by atoms with Crippen LogP contribution in [0.1, 0.15) is 29.6 Å². The molecule has 142 valence electrons. The standard InChI is InChI=1S/C18H22N6O3/c19-16(26)13-8-21-18(24-17(13)22-10-2-1-3-10)23-11-4-5-15-14(6-11)20-7-12(25)9-27-15/h4-6,8,10,12,20,25H,1-3,7,9H2,(H2,19,26)(H2,21,22,23,24)/t12-/m1/s1. The molecule has 0 radical (unpaired) electrons. The van der Waals surface area contributed by atoms with E-state index in [1.807, 2.05) is 18.2 Å². The van der Waals surface area contributed by atoms with E-state index in [2.05, 4.69) is 25.9 Å². The van der Waals surface area contributed by atoms with Crippen molar-refractivity contribution >= 4 is 29.0 Å². The molecule has 1 aromatic carbocycles. The fraction of sp³-hybridized carbons (Fsp3) is 0.389. The number of β-amino-alcohol motifs (C(OH)–C–C–N with tert-alkyl or cyclic N) is 1. The maximum absolute atomic E-state index is 11.6. The predicted molar refractivity (Wildman–Crippen MR) is 102 cm³/mol. The van der Waals surface area contributed by atoms with E-state index in [1.54, 1.807) is 0 Å². The first-order valence-corrected chi connectivity index (χ1v) is 8.97. The van der Waals surface area contributed by atoms with Crippen LogP contribution in [-0.4, -0.2) is 46.3 Å². The highest BCUT2D eigenvalue weighted by Gasteiger charge is 2.21. The highest BCUT2D eigenvalue weighted by atomic mass is 16.5. The molecule has 1 fully saturated rings. The lowest BCUT2D eigenvalue weighted by atomic mass is 9.93. The van der Waals surface area contributed by atoms with Crippen molar-refractivity contribution in [2.45, 2.75) is 31.4 Å². The topological polar surface area (TPSA) is 134 Å². The smallest absolute Gasteiger partial charge is 0.254 e. The second-order valence-corrected chi connectivity index (χ2v) is 6.77. The monoisotopic (exact) mass is 370 g/mol. The number of aliphatic hydroxyl groups excluding tert-OH is 1. The second-order valence-electron chi connectivity index (χ2n) is 6.77. The van der Waals surface area contributed by atoms with Gasteiger partial charge in [-0.1, -0.05) is 0 Å². The number of fused-ring (bicyclic) bond motifs is 1. The van der Waals surface area contributed by atoms with Crippen molar-refractivity contribution in [1.29, 1.82) is 0 Å². The summed E-state index contributed by atoms with van der Waals surface area (Å²) in [6, 6.07) is 5.82. The molecular formula is C18H22N6O3. The zero-order valence-electron chi connectivity index (χ0n) is 14.7. The highest BCUT2D eigenvalue weighted by molar-refractivity contribution is 5.97. The largest absolute Gasteiger partial charge is 0.489 e. The molecular weight excluding hydrogens is 348 g/mol. The summed E-state index contributed by atoms with van der Waals surface area (Å²) in [4.78, 5) is 20.3. The van der Waals surface area contributed by atoms with Crippen molar-refractivity contribution in [2.24, 2.45) is 5.73 Å². The lowest BCUT2D eigenvalue weighted by Gasteiger charge is -2.27. The average molecular weight is 370 g/mol. The quantitative estimate of drug-likeness (QED) is 0.534. The fourth-order valence-corrected chi connectivity index (χ4v) is 2.95. The number of nitrogens with one attached hydrogen (secondary N) is 3. The van der Waals surface area contributed by atoms with Gasteiger partial charge in [0.1, 0.15) is 24.3 Å². The van der Waals surface area contributed by atoms with Gasteiger partial charge in [0.05, 0.1) is 11.3 Å². The minimum atomic E-state index is -0.562. The minimum Gasteiger partial charge on any atom is -0.489 e. The number of nitrogens with zero attached hydrogens (tertiary/aromatic N) is 2. The number of aliphatic hydroxyl groups is 1. The lowest BCUT2D eigenvalue weighted by Crippen LogP contribution is -2.29. The first-order valence-electron chi connectivity index (χ1n) is 8.97. The number of ether oxygens (including phenoxy) is 1. The van der Waals surface area contributed by atoms with E-state index < -0.39 is 12.0 Å². The van der Waals surface area contributed by atoms with Gasteiger partial charge in [-0.25, -0.2) is 4.98 Å². The Morgan fingerprint density at radius 3 is 2.96 bits per heavy atom. The Bertz CT molecular complexity index is 855. The van der Waals surface area contributed by atoms with Crippen molar-refractivity contribution in [1.82, 2.24) is 9.97 Å². The summed E-state index contributed by atoms with van der Waals surface area (Å²) < 4.78 is 5.56. The lowest BCUT2D eigenvalue weighted by molar-refractivity contribution is 0.100. The minimum absolute atomic E-state index is 0.251. The molecule has 0 saturated heterocycles. The molecule has 4 rings (SSSR count). The Hall–Kier alpha value is -3.07. The van der Waals surface area contributed by atoms with Gasteiger partial charge in [0.15, 0.2) is 0 Å². The molecule has 6 N–H and O–H groups in total. The van der Waals surface area contributed by atoms with Crippen molar-refractivity contribution in [3.63, 3.8) is 0 Å². The van der Waals surface area contributed by atoms with Crippen LogP contribution in [0, 0.1) is 0 Å². The van der Waals surface area contributed by atoms with Crippen LogP contribution in [0.3, 0.4) is 0 Å². The van der Waals surface area contributed by atoms with E-state index in [1.165, 1.54) is 12.6 Å². The molecule has 1 amide bonds. The van der Waals surface area contributed by atoms with E-state index in [4.69, 9.17) is 10.5 Å². The third-order valence-corrected chi connectivity index (χ3v) is 4.70. The van der Waals surface area contributed by atoms with Crippen LogP contribution >= 0.6 is 0 Å². The molecule has 27 heavy (non-hydrogen) atoms. The van der Waals surface area contributed by atoms with Gasteiger partial charge >= 0.3 is 0 Å². The van der Waals surface area contributed by atoms with Crippen LogP contribution in [0.4, 0.5) is 23.1 Å². The highest BCUT2D eigenvalue weighted by Crippen LogP contribution is 2.31. The fourth-order valence-electron chi connectivity index (χ4n) is 2.95. The molecule has 1 aliphatic carbocycles. The molecule has 2 aromatic rings. The summed E-state index contributed by atoms with van der Waals surface area (Å²) >= 11 is 0. The van der Waals surface area contributed by atoms with E-state index in [0.717, 1.165) is 24.2 Å².